The third-order valence-corrected chi connectivity index (χ3v) is 4.16. The van der Waals surface area contributed by atoms with Crippen molar-refractivity contribution < 1.29 is 9.53 Å². The number of hydrogen-bond donors (Lipinski definition) is 1. The van der Waals surface area contributed by atoms with Gasteiger partial charge in [0.15, 0.2) is 0 Å². The lowest BCUT2D eigenvalue weighted by atomic mass is 10.2. The standard InChI is InChI=1S/C16H16BrN3O2/c17-13-3-1-2-4-14(13)19-16(21)12-5-6-15(18-11-12)20-7-9-22-10-8-20/h1-6,11H,7-10H2,(H,19,21). The highest BCUT2D eigenvalue weighted by atomic mass is 79.9. The third-order valence-electron chi connectivity index (χ3n) is 3.47. The van der Waals surface area contributed by atoms with Gasteiger partial charge in [-0.05, 0) is 40.2 Å². The molecule has 5 nitrogen and oxygen atoms in total. The molecule has 1 aromatic heterocycles. The minimum absolute atomic E-state index is 0.173. The lowest BCUT2D eigenvalue weighted by Crippen LogP contribution is -2.36. The second kappa shape index (κ2) is 6.89. The number of rotatable bonds is 3. The van der Waals surface area contributed by atoms with Gasteiger partial charge in [0.25, 0.3) is 5.91 Å². The highest BCUT2D eigenvalue weighted by molar-refractivity contribution is 9.10. The summed E-state index contributed by atoms with van der Waals surface area (Å²) in [5.74, 6) is 0.702. The summed E-state index contributed by atoms with van der Waals surface area (Å²) in [5.41, 5.74) is 1.28. The van der Waals surface area contributed by atoms with Gasteiger partial charge in [0.1, 0.15) is 5.82 Å². The molecular formula is C16H16BrN3O2. The minimum Gasteiger partial charge on any atom is -0.378 e. The SMILES string of the molecule is O=C(Nc1ccccc1Br)c1ccc(N2CCOCC2)nc1. The first-order valence-electron chi connectivity index (χ1n) is 7.09. The van der Waals surface area contributed by atoms with E-state index in [-0.39, 0.29) is 5.91 Å². The average molecular weight is 362 g/mol. The molecule has 1 N–H and O–H groups in total. The number of carbonyl (C=O) groups is 1. The van der Waals surface area contributed by atoms with Gasteiger partial charge in [0.2, 0.25) is 0 Å². The van der Waals surface area contributed by atoms with Crippen LogP contribution in [-0.2, 0) is 4.74 Å². The van der Waals surface area contributed by atoms with Gasteiger partial charge in [-0.25, -0.2) is 4.98 Å². The zero-order chi connectivity index (χ0) is 15.4. The van der Waals surface area contributed by atoms with Gasteiger partial charge in [0, 0.05) is 23.8 Å². The van der Waals surface area contributed by atoms with Gasteiger partial charge < -0.3 is 15.0 Å². The Balaban J connectivity index is 1.69. The van der Waals surface area contributed by atoms with Gasteiger partial charge in [-0.1, -0.05) is 12.1 Å². The number of halogens is 1. The van der Waals surface area contributed by atoms with Crippen LogP contribution in [-0.4, -0.2) is 37.2 Å². The molecule has 0 unspecified atom stereocenters. The van der Waals surface area contributed by atoms with E-state index in [1.807, 2.05) is 30.3 Å². The molecule has 6 heteroatoms. The molecular weight excluding hydrogens is 346 g/mol. The maximum Gasteiger partial charge on any atom is 0.257 e. The van der Waals surface area contributed by atoms with E-state index in [0.29, 0.717) is 18.8 Å². The molecule has 1 amide bonds. The zero-order valence-corrected chi connectivity index (χ0v) is 13.5. The number of pyridine rings is 1. The van der Waals surface area contributed by atoms with E-state index >= 15 is 0 Å². The Morgan fingerprint density at radius 1 is 1.18 bits per heavy atom. The Hall–Kier alpha value is -1.92. The number of benzene rings is 1. The van der Waals surface area contributed by atoms with Crippen molar-refractivity contribution in [2.75, 3.05) is 36.5 Å². The summed E-state index contributed by atoms with van der Waals surface area (Å²) in [6.07, 6.45) is 1.61. The fourth-order valence-corrected chi connectivity index (χ4v) is 2.64. The largest absolute Gasteiger partial charge is 0.378 e. The highest BCUT2D eigenvalue weighted by Crippen LogP contribution is 2.22. The topological polar surface area (TPSA) is 54.5 Å². The molecule has 22 heavy (non-hydrogen) atoms. The molecule has 3 rings (SSSR count). The Kier molecular flexibility index (Phi) is 4.70. The van der Waals surface area contributed by atoms with Crippen molar-refractivity contribution in [2.45, 2.75) is 0 Å². The van der Waals surface area contributed by atoms with Crippen LogP contribution in [0.5, 0.6) is 0 Å². The highest BCUT2D eigenvalue weighted by Gasteiger charge is 2.13. The number of nitrogens with one attached hydrogen (secondary N) is 1. The molecule has 0 spiro atoms. The van der Waals surface area contributed by atoms with E-state index in [1.165, 1.54) is 0 Å². The molecule has 2 aromatic rings. The van der Waals surface area contributed by atoms with Gasteiger partial charge in [0.05, 0.1) is 24.5 Å². The van der Waals surface area contributed by atoms with Gasteiger partial charge in [-0.3, -0.25) is 4.79 Å². The summed E-state index contributed by atoms with van der Waals surface area (Å²) in [6.45, 7) is 3.09. The summed E-state index contributed by atoms with van der Waals surface area (Å²) in [5, 5.41) is 2.87. The maximum absolute atomic E-state index is 12.2. The number of amides is 1. The van der Waals surface area contributed by atoms with E-state index in [1.54, 1.807) is 12.3 Å². The van der Waals surface area contributed by atoms with Crippen LogP contribution in [0.15, 0.2) is 47.1 Å². The summed E-state index contributed by atoms with van der Waals surface area (Å²) < 4.78 is 6.17. The first-order chi connectivity index (χ1) is 10.7. The second-order valence-corrected chi connectivity index (χ2v) is 5.79. The zero-order valence-electron chi connectivity index (χ0n) is 12.0. The number of anilines is 2. The van der Waals surface area contributed by atoms with Crippen molar-refractivity contribution in [1.29, 1.82) is 0 Å². The van der Waals surface area contributed by atoms with Crippen LogP contribution in [0.1, 0.15) is 10.4 Å². The normalized spacial score (nSPS) is 14.7. The van der Waals surface area contributed by atoms with E-state index in [9.17, 15) is 4.79 Å². The third kappa shape index (κ3) is 3.45. The molecule has 1 saturated heterocycles. The molecule has 0 atom stereocenters. The van der Waals surface area contributed by atoms with Crippen LogP contribution in [0.25, 0.3) is 0 Å². The molecule has 1 fully saturated rings. The van der Waals surface area contributed by atoms with Crippen LogP contribution in [0.3, 0.4) is 0 Å². The lowest BCUT2D eigenvalue weighted by Gasteiger charge is -2.27. The number of nitrogens with zero attached hydrogens (tertiary/aromatic N) is 2. The molecule has 0 radical (unpaired) electrons. The predicted octanol–water partition coefficient (Wildman–Crippen LogP) is 2.93. The van der Waals surface area contributed by atoms with Crippen LogP contribution in [0, 0.1) is 0 Å². The molecule has 2 heterocycles. The number of carbonyl (C=O) groups excluding carboxylic acids is 1. The van der Waals surface area contributed by atoms with E-state index in [4.69, 9.17) is 4.74 Å². The summed E-state index contributed by atoms with van der Waals surface area (Å²) in [7, 11) is 0. The van der Waals surface area contributed by atoms with E-state index in [2.05, 4.69) is 31.1 Å². The van der Waals surface area contributed by atoms with Crippen molar-refractivity contribution in [3.05, 3.63) is 52.6 Å². The molecule has 0 saturated carbocycles. The molecule has 114 valence electrons. The molecule has 0 aliphatic carbocycles. The Morgan fingerprint density at radius 3 is 2.64 bits per heavy atom. The van der Waals surface area contributed by atoms with Gasteiger partial charge in [-0.15, -0.1) is 0 Å². The first-order valence-corrected chi connectivity index (χ1v) is 7.88. The smallest absolute Gasteiger partial charge is 0.257 e. The Morgan fingerprint density at radius 2 is 1.95 bits per heavy atom. The number of ether oxygens (including phenoxy) is 1. The molecule has 0 bridgehead atoms. The van der Waals surface area contributed by atoms with Gasteiger partial charge in [-0.2, -0.15) is 0 Å². The minimum atomic E-state index is -0.173. The number of morpholine rings is 1. The van der Waals surface area contributed by atoms with Crippen molar-refractivity contribution in [3.63, 3.8) is 0 Å². The number of para-hydroxylation sites is 1. The quantitative estimate of drug-likeness (QED) is 0.912. The fraction of sp³-hybridized carbons (Fsp3) is 0.250. The second-order valence-electron chi connectivity index (χ2n) is 4.94. The predicted molar refractivity (Wildman–Crippen MR) is 89.4 cm³/mol. The lowest BCUT2D eigenvalue weighted by molar-refractivity contribution is 0.102. The van der Waals surface area contributed by atoms with Crippen molar-refractivity contribution >= 4 is 33.3 Å². The molecule has 1 aliphatic heterocycles. The summed E-state index contributed by atoms with van der Waals surface area (Å²) >= 11 is 3.41. The maximum atomic E-state index is 12.2. The van der Waals surface area contributed by atoms with Crippen LogP contribution in [0.4, 0.5) is 11.5 Å². The van der Waals surface area contributed by atoms with Crippen molar-refractivity contribution in [2.24, 2.45) is 0 Å². The first kappa shape index (κ1) is 15.0. The Labute approximate surface area is 137 Å². The van der Waals surface area contributed by atoms with Crippen LogP contribution in [0.2, 0.25) is 0 Å². The number of aromatic nitrogens is 1. The Bertz CT molecular complexity index is 655. The average Bonchev–Trinajstić information content (AvgIpc) is 2.58. The van der Waals surface area contributed by atoms with Crippen molar-refractivity contribution in [1.82, 2.24) is 4.98 Å². The van der Waals surface area contributed by atoms with E-state index < -0.39 is 0 Å². The summed E-state index contributed by atoms with van der Waals surface area (Å²) in [4.78, 5) is 18.8. The molecule has 1 aromatic carbocycles. The van der Waals surface area contributed by atoms with Gasteiger partial charge >= 0.3 is 0 Å². The monoisotopic (exact) mass is 361 g/mol. The summed E-state index contributed by atoms with van der Waals surface area (Å²) in [6, 6.07) is 11.2. The van der Waals surface area contributed by atoms with Crippen molar-refractivity contribution in [3.8, 4) is 0 Å². The number of hydrogen-bond acceptors (Lipinski definition) is 4. The fourth-order valence-electron chi connectivity index (χ4n) is 2.26. The molecule has 1 aliphatic rings. The van der Waals surface area contributed by atoms with Crippen LogP contribution < -0.4 is 10.2 Å². The van der Waals surface area contributed by atoms with E-state index in [0.717, 1.165) is 29.1 Å². The van der Waals surface area contributed by atoms with Crippen LogP contribution >= 0.6 is 15.9 Å².